The molecule has 0 aliphatic carbocycles. The zero-order valence-electron chi connectivity index (χ0n) is 28.4. The van der Waals surface area contributed by atoms with Crippen LogP contribution in [0, 0.1) is 0 Å². The van der Waals surface area contributed by atoms with Crippen LogP contribution in [0.1, 0.15) is 6.85 Å². The predicted molar refractivity (Wildman–Crippen MR) is 188 cm³/mol. The minimum atomic E-state index is -2.78. The number of rotatable bonds is 4. The molecule has 0 saturated heterocycles. The Balaban J connectivity index is 1.42. The Kier molecular flexibility index (Phi) is 4.68. The Hall–Kier alpha value is -5.16. The maximum atomic E-state index is 8.90. The number of benzene rings is 6. The van der Waals surface area contributed by atoms with E-state index in [1.54, 1.807) is 0 Å². The third-order valence-electron chi connectivity index (χ3n) is 8.68. The molecule has 0 N–H and O–H groups in total. The van der Waals surface area contributed by atoms with Crippen molar-refractivity contribution in [1.29, 1.82) is 0 Å². The van der Waals surface area contributed by atoms with Gasteiger partial charge in [0.05, 0.1) is 22.8 Å². The molecule has 1 aliphatic rings. The van der Waals surface area contributed by atoms with Gasteiger partial charge in [0.2, 0.25) is 0 Å². The molecule has 2 nitrogen and oxygen atoms in total. The predicted octanol–water partition coefficient (Wildman–Crippen LogP) is 7.54. The lowest BCUT2D eigenvalue weighted by Gasteiger charge is -2.31. The highest BCUT2D eigenvalue weighted by molar-refractivity contribution is 7.26. The summed E-state index contributed by atoms with van der Waals surface area (Å²) in [4.78, 5) is 10.4. The maximum absolute atomic E-state index is 8.90. The summed E-state index contributed by atoms with van der Waals surface area (Å²) in [6.07, 6.45) is 0. The summed E-state index contributed by atoms with van der Waals surface area (Å²) in [5.41, 5.74) is 4.18. The van der Waals surface area contributed by atoms with E-state index in [-0.39, 0.29) is 29.7 Å². The summed E-state index contributed by atoms with van der Waals surface area (Å²) in [6.45, 7) is 0. The van der Waals surface area contributed by atoms with Gasteiger partial charge in [-0.2, -0.15) is 0 Å². The lowest BCUT2D eigenvalue weighted by Crippen LogP contribution is -2.72. The quantitative estimate of drug-likeness (QED) is 0.195. The van der Waals surface area contributed by atoms with E-state index < -0.39 is 14.1 Å². The van der Waals surface area contributed by atoms with Crippen LogP contribution in [0.2, 0.25) is 0 Å². The first-order chi connectivity index (χ1) is 23.9. The normalized spacial score (nSPS) is 14.8. The van der Waals surface area contributed by atoms with Gasteiger partial charge in [-0.1, -0.05) is 152 Å². The highest BCUT2D eigenvalue weighted by Crippen LogP contribution is 2.41. The molecular weight excluding hydrogens is 569 g/mol. The number of hydrogen-bond donors (Lipinski definition) is 0. The average Bonchev–Trinajstić information content (AvgIpc) is 3.68. The van der Waals surface area contributed by atoms with Crippen LogP contribution in [0.25, 0.3) is 54.1 Å². The SMILES string of the molecule is [2H]c1c([2H])c([2H])c(-c2nc(-c3cccc4c3-c3ccccc3[Si]4(c3ccccc3)c3ccccc3)nc3c2sc2ccccc23)c([2H])c1[2H]. The Morgan fingerprint density at radius 2 is 1.20 bits per heavy atom. The average molecular weight is 600 g/mol. The van der Waals surface area contributed by atoms with E-state index in [0.717, 1.165) is 26.8 Å². The van der Waals surface area contributed by atoms with Crippen molar-refractivity contribution in [3.05, 3.63) is 158 Å². The molecule has 0 bridgehead atoms. The van der Waals surface area contributed by atoms with Crippen molar-refractivity contribution in [2.24, 2.45) is 0 Å². The van der Waals surface area contributed by atoms with Gasteiger partial charge in [0.25, 0.3) is 0 Å². The minimum Gasteiger partial charge on any atom is -0.226 e. The van der Waals surface area contributed by atoms with Gasteiger partial charge in [-0.3, -0.25) is 0 Å². The lowest BCUT2D eigenvalue weighted by molar-refractivity contribution is 1.24. The molecule has 0 fully saturated rings. The molecule has 1 aliphatic heterocycles. The van der Waals surface area contributed by atoms with Crippen molar-refractivity contribution < 1.29 is 6.85 Å². The van der Waals surface area contributed by atoms with Crippen LogP contribution >= 0.6 is 11.3 Å². The van der Waals surface area contributed by atoms with E-state index >= 15 is 0 Å². The molecule has 44 heavy (non-hydrogen) atoms. The molecule has 3 heterocycles. The number of aromatic nitrogens is 2. The van der Waals surface area contributed by atoms with Gasteiger partial charge in [0, 0.05) is 21.2 Å². The Morgan fingerprint density at radius 1 is 0.568 bits per heavy atom. The molecule has 206 valence electrons. The first-order valence-corrected chi connectivity index (χ1v) is 17.3. The number of nitrogens with zero attached hydrogens (tertiary/aromatic N) is 2. The molecule has 4 heteroatoms. The van der Waals surface area contributed by atoms with Crippen LogP contribution in [0.15, 0.2) is 158 Å². The van der Waals surface area contributed by atoms with E-state index in [9.17, 15) is 0 Å². The molecule has 0 atom stereocenters. The van der Waals surface area contributed by atoms with Gasteiger partial charge in [0.15, 0.2) is 13.9 Å². The third kappa shape index (κ3) is 3.59. The number of hydrogen-bond acceptors (Lipinski definition) is 3. The molecule has 2 aromatic heterocycles. The molecule has 8 aromatic rings. The van der Waals surface area contributed by atoms with E-state index in [0.29, 0.717) is 21.7 Å². The van der Waals surface area contributed by atoms with Crippen molar-refractivity contribution in [3.63, 3.8) is 0 Å². The number of thiophene rings is 1. The van der Waals surface area contributed by atoms with Gasteiger partial charge in [0.1, 0.15) is 0 Å². The minimum absolute atomic E-state index is 0.0801. The zero-order chi connectivity index (χ0) is 33.4. The lowest BCUT2D eigenvalue weighted by atomic mass is 9.99. The standard InChI is InChI=1S/C40H26N2SSi/c1-4-15-27(16-5-1)37-39-38(30-21-10-12-24-33(30)43-39)42-40(41-37)32-23-14-26-35-36(32)31-22-11-13-25-34(31)44(35,28-17-6-2-7-18-28)29-19-8-3-9-20-29/h1-26H/i1D,4D,5D,15D,16D. The fourth-order valence-electron chi connectivity index (χ4n) is 6.93. The van der Waals surface area contributed by atoms with E-state index in [2.05, 4.69) is 103 Å². The summed E-state index contributed by atoms with van der Waals surface area (Å²) in [6, 6.07) is 42.8. The van der Waals surface area contributed by atoms with E-state index in [1.807, 2.05) is 24.3 Å². The largest absolute Gasteiger partial charge is 0.226 e. The summed E-state index contributed by atoms with van der Waals surface area (Å²) >= 11 is 1.47. The Morgan fingerprint density at radius 3 is 1.98 bits per heavy atom. The first kappa shape index (κ1) is 20.7. The molecule has 0 saturated carbocycles. The highest BCUT2D eigenvalue weighted by atomic mass is 32.1. The van der Waals surface area contributed by atoms with Gasteiger partial charge < -0.3 is 0 Å². The van der Waals surface area contributed by atoms with E-state index in [4.69, 9.17) is 16.8 Å². The summed E-state index contributed by atoms with van der Waals surface area (Å²) in [5, 5.41) is 6.04. The summed E-state index contributed by atoms with van der Waals surface area (Å²) in [7, 11) is -2.78. The van der Waals surface area contributed by atoms with Crippen LogP contribution in [0.3, 0.4) is 0 Å². The van der Waals surface area contributed by atoms with Crippen molar-refractivity contribution in [2.45, 2.75) is 0 Å². The third-order valence-corrected chi connectivity index (χ3v) is 14.7. The van der Waals surface area contributed by atoms with Crippen LogP contribution < -0.4 is 20.7 Å². The van der Waals surface area contributed by atoms with Crippen molar-refractivity contribution in [2.75, 3.05) is 0 Å². The summed E-state index contributed by atoms with van der Waals surface area (Å²) in [5.74, 6) is 0.454. The van der Waals surface area contributed by atoms with Crippen LogP contribution in [-0.2, 0) is 0 Å². The smallest absolute Gasteiger partial charge is 0.180 e. The fraction of sp³-hybridized carbons (Fsp3) is 0. The molecule has 0 amide bonds. The molecule has 9 rings (SSSR count). The maximum Gasteiger partial charge on any atom is 0.180 e. The zero-order valence-corrected chi connectivity index (χ0v) is 25.2. The van der Waals surface area contributed by atoms with Gasteiger partial charge >= 0.3 is 0 Å². The Bertz CT molecular complexity index is 2560. The molecule has 0 spiro atoms. The van der Waals surface area contributed by atoms with Gasteiger partial charge in [-0.25, -0.2) is 9.97 Å². The second-order valence-corrected chi connectivity index (χ2v) is 15.7. The molecular formula is C40H26N2SSi. The highest BCUT2D eigenvalue weighted by Gasteiger charge is 2.49. The first-order valence-electron chi connectivity index (χ1n) is 17.0. The second kappa shape index (κ2) is 9.95. The van der Waals surface area contributed by atoms with Crippen LogP contribution in [0.5, 0.6) is 0 Å². The summed E-state index contributed by atoms with van der Waals surface area (Å²) < 4.78 is 44.6. The monoisotopic (exact) mass is 599 g/mol. The molecule has 0 unspecified atom stereocenters. The van der Waals surface area contributed by atoms with Gasteiger partial charge in [-0.15, -0.1) is 11.3 Å². The van der Waals surface area contributed by atoms with E-state index in [1.165, 1.54) is 32.1 Å². The number of fused-ring (bicyclic) bond motifs is 6. The Labute approximate surface area is 268 Å². The fourth-order valence-corrected chi connectivity index (χ4v) is 13.3. The molecule has 6 aromatic carbocycles. The topological polar surface area (TPSA) is 25.8 Å². The van der Waals surface area contributed by atoms with Gasteiger partial charge in [-0.05, 0) is 37.9 Å². The van der Waals surface area contributed by atoms with Crippen molar-refractivity contribution >= 4 is 60.5 Å². The molecule has 0 radical (unpaired) electrons. The van der Waals surface area contributed by atoms with Crippen LogP contribution in [-0.4, -0.2) is 18.0 Å². The van der Waals surface area contributed by atoms with Crippen LogP contribution in [0.4, 0.5) is 0 Å². The van der Waals surface area contributed by atoms with Crippen molar-refractivity contribution in [1.82, 2.24) is 9.97 Å². The second-order valence-electron chi connectivity index (χ2n) is 10.9. The van der Waals surface area contributed by atoms with Crippen molar-refractivity contribution in [3.8, 4) is 33.8 Å².